The van der Waals surface area contributed by atoms with E-state index in [0.29, 0.717) is 24.5 Å². The van der Waals surface area contributed by atoms with Gasteiger partial charge >= 0.3 is 6.03 Å². The summed E-state index contributed by atoms with van der Waals surface area (Å²) in [4.78, 5) is 26.8. The van der Waals surface area contributed by atoms with E-state index in [0.717, 1.165) is 24.3 Å². The van der Waals surface area contributed by atoms with Crippen molar-refractivity contribution < 1.29 is 19.1 Å². The number of nitrogens with zero attached hydrogens (tertiary/aromatic N) is 1. The second-order valence-electron chi connectivity index (χ2n) is 6.66. The second-order valence-corrected chi connectivity index (χ2v) is 6.66. The van der Waals surface area contributed by atoms with Gasteiger partial charge in [-0.05, 0) is 61.4 Å². The van der Waals surface area contributed by atoms with Crippen molar-refractivity contribution in [3.05, 3.63) is 48.5 Å². The third-order valence-corrected chi connectivity index (χ3v) is 4.78. The molecule has 0 spiro atoms. The van der Waals surface area contributed by atoms with Gasteiger partial charge in [0.1, 0.15) is 11.5 Å². The molecule has 0 saturated carbocycles. The quantitative estimate of drug-likeness (QED) is 0.827. The van der Waals surface area contributed by atoms with Gasteiger partial charge in [-0.25, -0.2) is 4.79 Å². The minimum atomic E-state index is -0.238. The number of urea groups is 1. The fourth-order valence-corrected chi connectivity index (χ4v) is 3.17. The van der Waals surface area contributed by atoms with E-state index < -0.39 is 0 Å². The van der Waals surface area contributed by atoms with Gasteiger partial charge in [-0.1, -0.05) is 0 Å². The van der Waals surface area contributed by atoms with Crippen molar-refractivity contribution in [3.8, 4) is 11.5 Å². The summed E-state index contributed by atoms with van der Waals surface area (Å²) in [6, 6.07) is 14.1. The number of hydrogen-bond donors (Lipinski definition) is 2. The lowest BCUT2D eigenvalue weighted by Crippen LogP contribution is -2.45. The smallest absolute Gasteiger partial charge is 0.321 e. The maximum atomic E-state index is 12.6. The Labute approximate surface area is 164 Å². The number of benzene rings is 2. The van der Waals surface area contributed by atoms with Crippen LogP contribution < -0.4 is 20.1 Å². The molecular weight excluding hydrogens is 358 g/mol. The summed E-state index contributed by atoms with van der Waals surface area (Å²) in [6.07, 6.45) is 1.55. The number of piperidine rings is 1. The van der Waals surface area contributed by atoms with Gasteiger partial charge in [0.05, 0.1) is 20.1 Å². The topological polar surface area (TPSA) is 79.9 Å². The van der Waals surface area contributed by atoms with Crippen LogP contribution in [0.15, 0.2) is 48.5 Å². The molecule has 1 saturated heterocycles. The van der Waals surface area contributed by atoms with E-state index in [-0.39, 0.29) is 17.9 Å². The molecule has 0 aromatic heterocycles. The summed E-state index contributed by atoms with van der Waals surface area (Å²) in [7, 11) is 3.19. The SMILES string of the molecule is COc1ccc(NC(=O)[C@H]2CCCN(C(=O)Nc3ccc(OC)cc3)C2)cc1. The highest BCUT2D eigenvalue weighted by Gasteiger charge is 2.28. The molecule has 148 valence electrons. The number of likely N-dealkylation sites (tertiary alicyclic amines) is 1. The zero-order chi connectivity index (χ0) is 19.9. The van der Waals surface area contributed by atoms with Crippen LogP contribution in [0.1, 0.15) is 12.8 Å². The highest BCUT2D eigenvalue weighted by atomic mass is 16.5. The summed E-state index contributed by atoms with van der Waals surface area (Å²) in [5, 5.41) is 5.79. The predicted octanol–water partition coefficient (Wildman–Crippen LogP) is 3.59. The normalized spacial score (nSPS) is 16.2. The average Bonchev–Trinajstić information content (AvgIpc) is 2.75. The highest BCUT2D eigenvalue weighted by Crippen LogP contribution is 2.22. The zero-order valence-corrected chi connectivity index (χ0v) is 16.1. The summed E-state index contributed by atoms with van der Waals surface area (Å²) in [5.41, 5.74) is 1.40. The van der Waals surface area contributed by atoms with Crippen LogP contribution in [0, 0.1) is 5.92 Å². The predicted molar refractivity (Wildman–Crippen MR) is 108 cm³/mol. The fraction of sp³-hybridized carbons (Fsp3) is 0.333. The van der Waals surface area contributed by atoms with Gasteiger partial charge in [0.2, 0.25) is 5.91 Å². The largest absolute Gasteiger partial charge is 0.497 e. The fourth-order valence-electron chi connectivity index (χ4n) is 3.17. The molecule has 0 bridgehead atoms. The third-order valence-electron chi connectivity index (χ3n) is 4.78. The van der Waals surface area contributed by atoms with Crippen LogP contribution in [0.2, 0.25) is 0 Å². The number of anilines is 2. The van der Waals surface area contributed by atoms with Crippen LogP contribution >= 0.6 is 0 Å². The Bertz CT molecular complexity index is 738. The van der Waals surface area contributed by atoms with Crippen LogP contribution in [0.5, 0.6) is 11.5 Å². The Morgan fingerprint density at radius 2 is 1.43 bits per heavy atom. The third kappa shape index (κ3) is 4.94. The number of ether oxygens (including phenoxy) is 2. The molecule has 7 nitrogen and oxygen atoms in total. The van der Waals surface area contributed by atoms with Crippen LogP contribution in [0.4, 0.5) is 16.2 Å². The molecule has 2 aromatic rings. The van der Waals surface area contributed by atoms with Crippen LogP contribution in [0.3, 0.4) is 0 Å². The minimum Gasteiger partial charge on any atom is -0.497 e. The highest BCUT2D eigenvalue weighted by molar-refractivity contribution is 5.94. The van der Waals surface area contributed by atoms with E-state index in [1.165, 1.54) is 0 Å². The summed E-state index contributed by atoms with van der Waals surface area (Å²) < 4.78 is 10.2. The van der Waals surface area contributed by atoms with Gasteiger partial charge in [-0.2, -0.15) is 0 Å². The Balaban J connectivity index is 1.55. The molecule has 0 aliphatic carbocycles. The molecular formula is C21H25N3O4. The monoisotopic (exact) mass is 383 g/mol. The lowest BCUT2D eigenvalue weighted by Gasteiger charge is -2.32. The molecule has 1 heterocycles. The van der Waals surface area contributed by atoms with Gasteiger partial charge < -0.3 is 25.0 Å². The number of methoxy groups -OCH3 is 2. The maximum Gasteiger partial charge on any atom is 0.321 e. The second kappa shape index (κ2) is 9.12. The van der Waals surface area contributed by atoms with E-state index in [9.17, 15) is 9.59 Å². The lowest BCUT2D eigenvalue weighted by atomic mass is 9.97. The Morgan fingerprint density at radius 3 is 1.96 bits per heavy atom. The van der Waals surface area contributed by atoms with Gasteiger partial charge in [-0.15, -0.1) is 0 Å². The number of rotatable bonds is 5. The van der Waals surface area contributed by atoms with E-state index >= 15 is 0 Å². The van der Waals surface area contributed by atoms with Crippen molar-refractivity contribution in [1.82, 2.24) is 4.90 Å². The van der Waals surface area contributed by atoms with Crippen molar-refractivity contribution in [2.75, 3.05) is 37.9 Å². The summed E-state index contributed by atoms with van der Waals surface area (Å²) in [5.74, 6) is 1.15. The van der Waals surface area contributed by atoms with Gasteiger partial charge in [0.25, 0.3) is 0 Å². The Hall–Kier alpha value is -3.22. The molecule has 1 aliphatic rings. The molecule has 3 amide bonds. The van der Waals surface area contributed by atoms with Crippen molar-refractivity contribution in [3.63, 3.8) is 0 Å². The standard InChI is InChI=1S/C21H25N3O4/c1-27-18-9-5-16(6-10-18)22-20(25)15-4-3-13-24(14-15)21(26)23-17-7-11-19(28-2)12-8-17/h5-12,15H,3-4,13-14H2,1-2H3,(H,22,25)(H,23,26)/t15-/m0/s1. The number of hydrogen-bond acceptors (Lipinski definition) is 4. The Kier molecular flexibility index (Phi) is 6.37. The molecule has 3 rings (SSSR count). The number of carbonyl (C=O) groups is 2. The van der Waals surface area contributed by atoms with Crippen molar-refractivity contribution in [1.29, 1.82) is 0 Å². The minimum absolute atomic E-state index is 0.0767. The average molecular weight is 383 g/mol. The van der Waals surface area contributed by atoms with Crippen molar-refractivity contribution >= 4 is 23.3 Å². The van der Waals surface area contributed by atoms with Crippen LogP contribution in [-0.4, -0.2) is 44.1 Å². The van der Waals surface area contributed by atoms with E-state index in [1.807, 2.05) is 0 Å². The molecule has 1 aliphatic heterocycles. The van der Waals surface area contributed by atoms with E-state index in [2.05, 4.69) is 10.6 Å². The Morgan fingerprint density at radius 1 is 0.893 bits per heavy atom. The van der Waals surface area contributed by atoms with Crippen LogP contribution in [0.25, 0.3) is 0 Å². The first kappa shape index (κ1) is 19.5. The van der Waals surface area contributed by atoms with Gasteiger partial charge in [0.15, 0.2) is 0 Å². The molecule has 2 aromatic carbocycles. The van der Waals surface area contributed by atoms with Gasteiger partial charge in [0, 0.05) is 24.5 Å². The van der Waals surface area contributed by atoms with E-state index in [1.54, 1.807) is 67.7 Å². The van der Waals surface area contributed by atoms with Crippen LogP contribution in [-0.2, 0) is 4.79 Å². The summed E-state index contributed by atoms with van der Waals surface area (Å²) in [6.45, 7) is 1.03. The zero-order valence-electron chi connectivity index (χ0n) is 16.1. The number of carbonyl (C=O) groups excluding carboxylic acids is 2. The molecule has 28 heavy (non-hydrogen) atoms. The summed E-state index contributed by atoms with van der Waals surface area (Å²) >= 11 is 0. The van der Waals surface area contributed by atoms with Gasteiger partial charge in [-0.3, -0.25) is 4.79 Å². The molecule has 0 radical (unpaired) electrons. The first-order chi connectivity index (χ1) is 13.6. The first-order valence-electron chi connectivity index (χ1n) is 9.24. The molecule has 1 atom stereocenters. The maximum absolute atomic E-state index is 12.6. The van der Waals surface area contributed by atoms with Crippen molar-refractivity contribution in [2.24, 2.45) is 5.92 Å². The molecule has 0 unspecified atom stereocenters. The molecule has 1 fully saturated rings. The first-order valence-corrected chi connectivity index (χ1v) is 9.24. The number of nitrogens with one attached hydrogen (secondary N) is 2. The van der Waals surface area contributed by atoms with E-state index in [4.69, 9.17) is 9.47 Å². The lowest BCUT2D eigenvalue weighted by molar-refractivity contribution is -0.121. The van der Waals surface area contributed by atoms with Crippen molar-refractivity contribution in [2.45, 2.75) is 12.8 Å². The molecule has 2 N–H and O–H groups in total. The number of amides is 3. The molecule has 7 heteroatoms.